The smallest absolute Gasteiger partial charge is 0.193 e. The maximum Gasteiger partial charge on any atom is 0.193 e. The van der Waals surface area contributed by atoms with E-state index in [0.717, 1.165) is 22.5 Å². The van der Waals surface area contributed by atoms with E-state index in [4.69, 9.17) is 5.73 Å². The molecule has 3 rings (SSSR count). The SMILES string of the molecule is CC(C)c1cccc(NC(N)=NCCNc2ncnc3c2cnn3C)c1.I. The highest BCUT2D eigenvalue weighted by Crippen LogP contribution is 2.18. The Balaban J connectivity index is 0.00000261. The molecule has 0 unspecified atom stereocenters. The summed E-state index contributed by atoms with van der Waals surface area (Å²) in [5.41, 5.74) is 8.97. The molecule has 0 aliphatic heterocycles. The van der Waals surface area contributed by atoms with Crippen molar-refractivity contribution in [2.45, 2.75) is 19.8 Å². The van der Waals surface area contributed by atoms with E-state index in [1.807, 2.05) is 19.2 Å². The lowest BCUT2D eigenvalue weighted by Crippen LogP contribution is -2.24. The van der Waals surface area contributed by atoms with Gasteiger partial charge in [0.15, 0.2) is 11.6 Å². The van der Waals surface area contributed by atoms with Crippen LogP contribution in [-0.2, 0) is 7.05 Å². The molecule has 0 spiro atoms. The highest BCUT2D eigenvalue weighted by atomic mass is 127. The third-order valence-corrected chi connectivity index (χ3v) is 4.04. The van der Waals surface area contributed by atoms with Gasteiger partial charge in [-0.05, 0) is 23.6 Å². The minimum Gasteiger partial charge on any atom is -0.370 e. The topological polar surface area (TPSA) is 106 Å². The molecule has 0 atom stereocenters. The minimum absolute atomic E-state index is 0. The van der Waals surface area contributed by atoms with Gasteiger partial charge in [0.25, 0.3) is 0 Å². The highest BCUT2D eigenvalue weighted by molar-refractivity contribution is 14.0. The van der Waals surface area contributed by atoms with Crippen molar-refractivity contribution in [3.63, 3.8) is 0 Å². The number of fused-ring (bicyclic) bond motifs is 1. The third kappa shape index (κ3) is 5.28. The van der Waals surface area contributed by atoms with Gasteiger partial charge >= 0.3 is 0 Å². The molecule has 0 fully saturated rings. The van der Waals surface area contributed by atoms with Gasteiger partial charge in [0.05, 0.1) is 18.1 Å². The van der Waals surface area contributed by atoms with Gasteiger partial charge in [0, 0.05) is 19.3 Å². The van der Waals surface area contributed by atoms with Crippen LogP contribution in [0, 0.1) is 0 Å². The molecule has 0 aliphatic rings. The van der Waals surface area contributed by atoms with Crippen molar-refractivity contribution in [2.75, 3.05) is 23.7 Å². The number of halogens is 1. The van der Waals surface area contributed by atoms with E-state index in [9.17, 15) is 0 Å². The number of benzene rings is 1. The maximum absolute atomic E-state index is 5.98. The van der Waals surface area contributed by atoms with E-state index >= 15 is 0 Å². The Kier molecular flexibility index (Phi) is 7.34. The van der Waals surface area contributed by atoms with Crippen molar-refractivity contribution >= 4 is 52.5 Å². The quantitative estimate of drug-likeness (QED) is 0.217. The molecule has 8 nitrogen and oxygen atoms in total. The molecule has 2 aromatic heterocycles. The zero-order chi connectivity index (χ0) is 18.5. The Hall–Kier alpha value is -2.43. The summed E-state index contributed by atoms with van der Waals surface area (Å²) in [7, 11) is 1.85. The second-order valence-electron chi connectivity index (χ2n) is 6.33. The number of aliphatic imine (C=N–C) groups is 1. The zero-order valence-corrected chi connectivity index (χ0v) is 18.0. The summed E-state index contributed by atoms with van der Waals surface area (Å²) in [6, 6.07) is 8.19. The van der Waals surface area contributed by atoms with Gasteiger partial charge in [0.2, 0.25) is 0 Å². The van der Waals surface area contributed by atoms with Crippen LogP contribution in [0.3, 0.4) is 0 Å². The fourth-order valence-corrected chi connectivity index (χ4v) is 2.62. The number of aromatic nitrogens is 4. The Morgan fingerprint density at radius 3 is 2.89 bits per heavy atom. The molecule has 9 heteroatoms. The van der Waals surface area contributed by atoms with Gasteiger partial charge in [-0.15, -0.1) is 24.0 Å². The average Bonchev–Trinajstić information content (AvgIpc) is 3.01. The first-order valence-corrected chi connectivity index (χ1v) is 8.58. The molecule has 0 aliphatic carbocycles. The number of hydrogen-bond donors (Lipinski definition) is 3. The van der Waals surface area contributed by atoms with Crippen LogP contribution in [0.4, 0.5) is 11.5 Å². The van der Waals surface area contributed by atoms with Crippen LogP contribution in [0.25, 0.3) is 11.0 Å². The monoisotopic (exact) mass is 480 g/mol. The van der Waals surface area contributed by atoms with Gasteiger partial charge in [-0.2, -0.15) is 5.10 Å². The van der Waals surface area contributed by atoms with Crippen LogP contribution in [0.2, 0.25) is 0 Å². The molecule has 27 heavy (non-hydrogen) atoms. The van der Waals surface area contributed by atoms with E-state index in [-0.39, 0.29) is 24.0 Å². The molecule has 2 heterocycles. The van der Waals surface area contributed by atoms with Crippen LogP contribution in [0.15, 0.2) is 41.8 Å². The Labute approximate surface area is 175 Å². The number of nitrogens with two attached hydrogens (primary N) is 1. The lowest BCUT2D eigenvalue weighted by molar-refractivity contribution is 0.785. The zero-order valence-electron chi connectivity index (χ0n) is 15.7. The van der Waals surface area contributed by atoms with E-state index < -0.39 is 0 Å². The lowest BCUT2D eigenvalue weighted by atomic mass is 10.0. The third-order valence-electron chi connectivity index (χ3n) is 4.04. The summed E-state index contributed by atoms with van der Waals surface area (Å²) < 4.78 is 1.72. The Morgan fingerprint density at radius 2 is 2.11 bits per heavy atom. The predicted octanol–water partition coefficient (Wildman–Crippen LogP) is 2.94. The standard InChI is InChI=1S/C18H24N8.HI/c1-12(2)13-5-4-6-14(9-13)25-18(19)21-8-7-20-16-15-10-24-26(3)17(15)23-11-22-16;/h4-6,9-12H,7-8H2,1-3H3,(H3,19,21,25)(H,20,22,23);1H. The lowest BCUT2D eigenvalue weighted by Gasteiger charge is -2.10. The Bertz CT molecular complexity index is 919. The largest absolute Gasteiger partial charge is 0.370 e. The number of rotatable bonds is 6. The predicted molar refractivity (Wildman–Crippen MR) is 121 cm³/mol. The molecule has 1 aromatic carbocycles. The van der Waals surface area contributed by atoms with E-state index in [1.54, 1.807) is 10.9 Å². The fourth-order valence-electron chi connectivity index (χ4n) is 2.62. The first-order valence-electron chi connectivity index (χ1n) is 8.58. The van der Waals surface area contributed by atoms with Crippen molar-refractivity contribution in [3.05, 3.63) is 42.4 Å². The molecule has 4 N–H and O–H groups in total. The molecular weight excluding hydrogens is 455 g/mol. The van der Waals surface area contributed by atoms with Crippen LogP contribution >= 0.6 is 24.0 Å². The highest BCUT2D eigenvalue weighted by Gasteiger charge is 2.06. The summed E-state index contributed by atoms with van der Waals surface area (Å²) in [4.78, 5) is 12.8. The van der Waals surface area contributed by atoms with Crippen molar-refractivity contribution in [1.82, 2.24) is 19.7 Å². The van der Waals surface area contributed by atoms with E-state index in [1.165, 1.54) is 11.9 Å². The van der Waals surface area contributed by atoms with Crippen molar-refractivity contribution in [1.29, 1.82) is 0 Å². The van der Waals surface area contributed by atoms with Crippen LogP contribution < -0.4 is 16.4 Å². The number of anilines is 2. The summed E-state index contributed by atoms with van der Waals surface area (Å²) in [6.45, 7) is 5.45. The van der Waals surface area contributed by atoms with Crippen LogP contribution in [-0.4, -0.2) is 38.8 Å². The van der Waals surface area contributed by atoms with Crippen molar-refractivity contribution in [2.24, 2.45) is 17.8 Å². The summed E-state index contributed by atoms with van der Waals surface area (Å²) >= 11 is 0. The number of guanidine groups is 1. The number of aryl methyl sites for hydroxylation is 1. The second-order valence-corrected chi connectivity index (χ2v) is 6.33. The van der Waals surface area contributed by atoms with Gasteiger partial charge in [0.1, 0.15) is 12.1 Å². The number of nitrogens with one attached hydrogen (secondary N) is 2. The molecule has 3 aromatic rings. The Morgan fingerprint density at radius 1 is 1.30 bits per heavy atom. The minimum atomic E-state index is 0. The van der Waals surface area contributed by atoms with E-state index in [0.29, 0.717) is 25.0 Å². The maximum atomic E-state index is 5.98. The molecule has 0 radical (unpaired) electrons. The summed E-state index contributed by atoms with van der Waals surface area (Å²) in [5.74, 6) is 1.60. The summed E-state index contributed by atoms with van der Waals surface area (Å²) in [6.07, 6.45) is 3.27. The normalized spacial score (nSPS) is 11.5. The fraction of sp³-hybridized carbons (Fsp3) is 0.333. The van der Waals surface area contributed by atoms with Crippen LogP contribution in [0.5, 0.6) is 0 Å². The average molecular weight is 480 g/mol. The van der Waals surface area contributed by atoms with Gasteiger partial charge in [-0.3, -0.25) is 9.67 Å². The van der Waals surface area contributed by atoms with Crippen molar-refractivity contribution < 1.29 is 0 Å². The molecule has 0 saturated heterocycles. The molecular formula is C18H25IN8. The first kappa shape index (κ1) is 20.9. The number of hydrogen-bond acceptors (Lipinski definition) is 5. The summed E-state index contributed by atoms with van der Waals surface area (Å²) in [5, 5.41) is 11.5. The molecule has 0 saturated carbocycles. The molecule has 0 bridgehead atoms. The number of nitrogens with zero attached hydrogens (tertiary/aromatic N) is 5. The molecule has 0 amide bonds. The van der Waals surface area contributed by atoms with Crippen molar-refractivity contribution in [3.8, 4) is 0 Å². The first-order chi connectivity index (χ1) is 12.5. The molecule has 144 valence electrons. The van der Waals surface area contributed by atoms with Gasteiger partial charge < -0.3 is 16.4 Å². The van der Waals surface area contributed by atoms with Crippen LogP contribution in [0.1, 0.15) is 25.3 Å². The van der Waals surface area contributed by atoms with Gasteiger partial charge in [-0.25, -0.2) is 9.97 Å². The van der Waals surface area contributed by atoms with Gasteiger partial charge in [-0.1, -0.05) is 26.0 Å². The second kappa shape index (κ2) is 9.49. The van der Waals surface area contributed by atoms with E-state index in [2.05, 4.69) is 56.7 Å².